The van der Waals surface area contributed by atoms with Gasteiger partial charge in [0, 0.05) is 36.9 Å². The van der Waals surface area contributed by atoms with E-state index in [-0.39, 0.29) is 20.9 Å². The molecule has 2 aliphatic heterocycles. The van der Waals surface area contributed by atoms with E-state index in [1.165, 1.54) is 6.20 Å². The highest BCUT2D eigenvalue weighted by Gasteiger charge is 2.42. The van der Waals surface area contributed by atoms with Gasteiger partial charge in [0.2, 0.25) is 10.0 Å². The van der Waals surface area contributed by atoms with E-state index >= 15 is 0 Å². The number of sulfonamides is 1. The van der Waals surface area contributed by atoms with Crippen LogP contribution in [0.2, 0.25) is 5.15 Å². The molecule has 3 fully saturated rings. The number of imidazole rings is 1. The van der Waals surface area contributed by atoms with E-state index in [1.807, 2.05) is 6.92 Å². The summed E-state index contributed by atoms with van der Waals surface area (Å²) in [5.41, 5.74) is 0.704. The van der Waals surface area contributed by atoms with Crippen molar-refractivity contribution < 1.29 is 17.2 Å². The average molecular weight is 544 g/mol. The van der Waals surface area contributed by atoms with Gasteiger partial charge in [0.05, 0.1) is 5.69 Å². The summed E-state index contributed by atoms with van der Waals surface area (Å²) in [4.78, 5) is 6.61. The van der Waals surface area contributed by atoms with Gasteiger partial charge in [-0.2, -0.15) is 0 Å². The van der Waals surface area contributed by atoms with E-state index in [0.29, 0.717) is 41.2 Å². The highest BCUT2D eigenvalue weighted by atomic mass is 35.5. The van der Waals surface area contributed by atoms with Gasteiger partial charge in [-0.3, -0.25) is 4.40 Å². The van der Waals surface area contributed by atoms with Gasteiger partial charge >= 0.3 is 0 Å². The van der Waals surface area contributed by atoms with E-state index in [4.69, 9.17) is 11.6 Å². The number of rotatable bonds is 6. The normalized spacial score (nSPS) is 23.9. The van der Waals surface area contributed by atoms with Gasteiger partial charge < -0.3 is 10.2 Å². The summed E-state index contributed by atoms with van der Waals surface area (Å²) < 4.78 is 57.4. The Morgan fingerprint density at radius 1 is 1.26 bits per heavy atom. The molecule has 1 aliphatic carbocycles. The second kappa shape index (κ2) is 8.30. The quantitative estimate of drug-likeness (QED) is 0.489. The summed E-state index contributed by atoms with van der Waals surface area (Å²) in [6.45, 7) is 3.30. The lowest BCUT2D eigenvalue weighted by atomic mass is 10.1. The van der Waals surface area contributed by atoms with Gasteiger partial charge in [0.15, 0.2) is 21.0 Å². The molecule has 14 heteroatoms. The van der Waals surface area contributed by atoms with Crippen molar-refractivity contribution in [2.24, 2.45) is 0 Å². The number of nitrogens with one attached hydrogen (secondary N) is 2. The molecule has 1 saturated carbocycles. The summed E-state index contributed by atoms with van der Waals surface area (Å²) in [5.74, 6) is 0.180. The van der Waals surface area contributed by atoms with Gasteiger partial charge in [0.25, 0.3) is 6.43 Å². The molecule has 35 heavy (non-hydrogen) atoms. The summed E-state index contributed by atoms with van der Waals surface area (Å²) in [7, 11) is -3.86. The van der Waals surface area contributed by atoms with Crippen LogP contribution in [0.1, 0.15) is 50.5 Å². The first-order valence-electron chi connectivity index (χ1n) is 11.5. The van der Waals surface area contributed by atoms with E-state index in [1.54, 1.807) is 10.5 Å². The minimum Gasteiger partial charge on any atom is -0.368 e. The van der Waals surface area contributed by atoms with E-state index in [9.17, 15) is 17.2 Å². The molecule has 0 spiro atoms. The fraction of sp³-hybridized carbons (Fsp3) is 0.571. The SMILES string of the molecule is CC1(NS(=O)(=O)c2cc(N3CCC4CCC(C3)N4)c3c(Cl)nc(-c4nnc(C(F)F)s4)n3c2)CC1. The first-order chi connectivity index (χ1) is 16.6. The standard InChI is InChI=1S/C21H24ClF2N7O2S2/c1-21(5-6-21)29-35(32,33)13-8-14(30-7-4-11-2-3-12(9-30)25-11)15-16(22)26-18(31(15)10-13)20-28-27-19(34-20)17(23)24/h8,10-12,17,25,29H,2-7,9H2,1H3. The average Bonchev–Trinajstić information content (AvgIpc) is 3.14. The van der Waals surface area contributed by atoms with E-state index in [0.717, 1.165) is 38.6 Å². The maximum Gasteiger partial charge on any atom is 0.291 e. The lowest BCUT2D eigenvalue weighted by molar-refractivity contribution is 0.150. The maximum atomic E-state index is 13.4. The molecule has 2 N–H and O–H groups in total. The number of alkyl halides is 2. The summed E-state index contributed by atoms with van der Waals surface area (Å²) in [6, 6.07) is 2.38. The smallest absolute Gasteiger partial charge is 0.291 e. The molecule has 6 rings (SSSR count). The topological polar surface area (TPSA) is 105 Å². The highest BCUT2D eigenvalue weighted by Crippen LogP contribution is 2.40. The van der Waals surface area contributed by atoms with Crippen LogP contribution in [0.15, 0.2) is 17.2 Å². The second-order valence-electron chi connectivity index (χ2n) is 9.79. The summed E-state index contributed by atoms with van der Waals surface area (Å²) >= 11 is 7.30. The molecule has 2 atom stereocenters. The van der Waals surface area contributed by atoms with E-state index in [2.05, 4.69) is 30.1 Å². The molecule has 0 amide bonds. The third-order valence-electron chi connectivity index (χ3n) is 7.02. The Bertz CT molecular complexity index is 1410. The van der Waals surface area contributed by atoms with Crippen LogP contribution in [0, 0.1) is 0 Å². The Balaban J connectivity index is 1.52. The van der Waals surface area contributed by atoms with Crippen LogP contribution in [0.25, 0.3) is 16.3 Å². The Morgan fingerprint density at radius 2 is 2.03 bits per heavy atom. The van der Waals surface area contributed by atoms with Crippen molar-refractivity contribution in [1.29, 1.82) is 0 Å². The third-order valence-corrected chi connectivity index (χ3v) is 9.82. The molecule has 9 nitrogen and oxygen atoms in total. The monoisotopic (exact) mass is 543 g/mol. The van der Waals surface area contributed by atoms with Crippen LogP contribution in [-0.2, 0) is 10.0 Å². The number of nitrogens with zero attached hydrogens (tertiary/aromatic N) is 5. The zero-order valence-corrected chi connectivity index (χ0v) is 21.2. The predicted molar refractivity (Wildman–Crippen MR) is 129 cm³/mol. The molecular formula is C21H24ClF2N7O2S2. The molecule has 0 radical (unpaired) electrons. The second-order valence-corrected chi connectivity index (χ2v) is 12.8. The van der Waals surface area contributed by atoms with Crippen molar-refractivity contribution in [2.45, 2.75) is 68.0 Å². The number of hydrogen-bond acceptors (Lipinski definition) is 8. The number of aromatic nitrogens is 4. The van der Waals surface area contributed by atoms with Gasteiger partial charge in [-0.15, -0.1) is 10.2 Å². The Morgan fingerprint density at radius 3 is 2.74 bits per heavy atom. The van der Waals surface area contributed by atoms with Crippen LogP contribution in [0.4, 0.5) is 14.5 Å². The van der Waals surface area contributed by atoms with Crippen molar-refractivity contribution in [3.63, 3.8) is 0 Å². The Hall–Kier alpha value is -1.93. The number of pyridine rings is 1. The number of halogens is 3. The minimum atomic E-state index is -3.86. The maximum absolute atomic E-state index is 13.4. The number of hydrogen-bond donors (Lipinski definition) is 2. The van der Waals surface area contributed by atoms with E-state index < -0.39 is 27.0 Å². The Kier molecular flexibility index (Phi) is 5.57. The van der Waals surface area contributed by atoms with Crippen LogP contribution in [-0.4, -0.2) is 58.7 Å². The number of fused-ring (bicyclic) bond motifs is 3. The lowest BCUT2D eigenvalue weighted by Gasteiger charge is -2.28. The summed E-state index contributed by atoms with van der Waals surface area (Å²) in [6.07, 6.45) is 3.31. The minimum absolute atomic E-state index is 0.0596. The molecule has 3 aromatic heterocycles. The zero-order valence-electron chi connectivity index (χ0n) is 18.8. The molecule has 0 aromatic carbocycles. The summed E-state index contributed by atoms with van der Waals surface area (Å²) in [5, 5.41) is 10.9. The van der Waals surface area contributed by atoms with Crippen molar-refractivity contribution in [1.82, 2.24) is 29.6 Å². The lowest BCUT2D eigenvalue weighted by Crippen LogP contribution is -2.36. The van der Waals surface area contributed by atoms with Gasteiger partial charge in [-0.05, 0) is 45.1 Å². The van der Waals surface area contributed by atoms with Crippen molar-refractivity contribution in [3.05, 3.63) is 22.4 Å². The third kappa shape index (κ3) is 4.31. The van der Waals surface area contributed by atoms with Gasteiger partial charge in [-0.25, -0.2) is 26.9 Å². The van der Waals surface area contributed by atoms with Crippen LogP contribution >= 0.6 is 22.9 Å². The highest BCUT2D eigenvalue weighted by molar-refractivity contribution is 7.89. The fourth-order valence-corrected chi connectivity index (χ4v) is 7.35. The largest absolute Gasteiger partial charge is 0.368 e. The van der Waals surface area contributed by atoms with Gasteiger partial charge in [-0.1, -0.05) is 22.9 Å². The Labute approximate surface area is 209 Å². The molecular weight excluding hydrogens is 520 g/mol. The van der Waals surface area contributed by atoms with Crippen molar-refractivity contribution in [3.8, 4) is 10.8 Å². The van der Waals surface area contributed by atoms with Crippen LogP contribution in [0.3, 0.4) is 0 Å². The zero-order chi connectivity index (χ0) is 24.5. The molecule has 2 saturated heterocycles. The first kappa shape index (κ1) is 23.5. The number of anilines is 1. The van der Waals surface area contributed by atoms with Crippen molar-refractivity contribution >= 4 is 44.2 Å². The predicted octanol–water partition coefficient (Wildman–Crippen LogP) is 3.61. The van der Waals surface area contributed by atoms with Gasteiger partial charge in [0.1, 0.15) is 10.4 Å². The van der Waals surface area contributed by atoms with Crippen molar-refractivity contribution in [2.75, 3.05) is 18.0 Å². The molecule has 5 heterocycles. The molecule has 2 unspecified atom stereocenters. The molecule has 188 valence electrons. The molecule has 3 aromatic rings. The van der Waals surface area contributed by atoms with Crippen LogP contribution < -0.4 is 14.9 Å². The first-order valence-corrected chi connectivity index (χ1v) is 14.2. The fourth-order valence-electron chi connectivity index (χ4n) is 4.91. The molecule has 2 bridgehead atoms. The molecule has 3 aliphatic rings. The van der Waals surface area contributed by atoms with Crippen LogP contribution in [0.5, 0.6) is 0 Å².